The molecule has 1 aliphatic heterocycles. The van der Waals surface area contributed by atoms with Crippen molar-refractivity contribution in [3.63, 3.8) is 0 Å². The van der Waals surface area contributed by atoms with E-state index in [4.69, 9.17) is 9.47 Å². The van der Waals surface area contributed by atoms with Gasteiger partial charge in [0.15, 0.2) is 11.5 Å². The number of benzene rings is 2. The van der Waals surface area contributed by atoms with Gasteiger partial charge in [0.05, 0.1) is 25.0 Å². The van der Waals surface area contributed by atoms with Crippen LogP contribution in [0.1, 0.15) is 35.1 Å². The Kier molecular flexibility index (Phi) is 8.02. The molecule has 1 N–H and O–H groups in total. The van der Waals surface area contributed by atoms with Crippen LogP contribution in [0.5, 0.6) is 11.5 Å². The van der Waals surface area contributed by atoms with Crippen LogP contribution in [0.4, 0.5) is 0 Å². The minimum atomic E-state index is -3.66. The summed E-state index contributed by atoms with van der Waals surface area (Å²) in [7, 11) is -0.478. The molecule has 0 spiro atoms. The van der Waals surface area contributed by atoms with E-state index in [1.165, 1.54) is 4.31 Å². The zero-order valence-electron chi connectivity index (χ0n) is 20.1. The summed E-state index contributed by atoms with van der Waals surface area (Å²) >= 11 is 0. The zero-order valence-corrected chi connectivity index (χ0v) is 20.9. The standard InChI is InChI=1S/C25H34N2O5S/c1-17-13-18(2)24(19(3)14-17)33(29,30)27-12-6-7-21(16-27)25(28)26-11-10-20-8-9-22(31-4)23(15-20)32-5/h8-9,13-15,21H,6-7,10-12,16H2,1-5H3,(H,26,28)/t21-/m1/s1. The Balaban J connectivity index is 1.63. The summed E-state index contributed by atoms with van der Waals surface area (Å²) in [5.41, 5.74) is 3.54. The molecule has 1 heterocycles. The molecule has 0 aromatic heterocycles. The van der Waals surface area contributed by atoms with Crippen LogP contribution in [0, 0.1) is 26.7 Å². The minimum absolute atomic E-state index is 0.104. The Morgan fingerprint density at radius 1 is 1.06 bits per heavy atom. The van der Waals surface area contributed by atoms with Crippen LogP contribution >= 0.6 is 0 Å². The molecule has 1 saturated heterocycles. The van der Waals surface area contributed by atoms with Gasteiger partial charge < -0.3 is 14.8 Å². The molecule has 0 bridgehead atoms. The lowest BCUT2D eigenvalue weighted by atomic mass is 9.98. The third kappa shape index (κ3) is 5.68. The molecule has 0 saturated carbocycles. The van der Waals surface area contributed by atoms with Crippen LogP contribution in [0.2, 0.25) is 0 Å². The monoisotopic (exact) mass is 474 g/mol. The molecule has 0 radical (unpaired) electrons. The maximum Gasteiger partial charge on any atom is 0.243 e. The van der Waals surface area contributed by atoms with Crippen molar-refractivity contribution < 1.29 is 22.7 Å². The normalized spacial score (nSPS) is 16.9. The van der Waals surface area contributed by atoms with E-state index in [0.717, 1.165) is 22.3 Å². The van der Waals surface area contributed by atoms with Crippen molar-refractivity contribution in [3.8, 4) is 11.5 Å². The van der Waals surface area contributed by atoms with Crippen molar-refractivity contribution in [2.45, 2.75) is 44.9 Å². The van der Waals surface area contributed by atoms with E-state index in [1.807, 2.05) is 51.1 Å². The predicted molar refractivity (Wildman–Crippen MR) is 128 cm³/mol. The highest BCUT2D eigenvalue weighted by Gasteiger charge is 2.34. The van der Waals surface area contributed by atoms with E-state index < -0.39 is 10.0 Å². The summed E-state index contributed by atoms with van der Waals surface area (Å²) in [4.78, 5) is 13.2. The quantitative estimate of drug-likeness (QED) is 0.634. The van der Waals surface area contributed by atoms with Gasteiger partial charge in [-0.25, -0.2) is 8.42 Å². The Labute approximate surface area is 197 Å². The number of sulfonamides is 1. The van der Waals surface area contributed by atoms with Gasteiger partial charge in [0.25, 0.3) is 0 Å². The fraction of sp³-hybridized carbons (Fsp3) is 0.480. The van der Waals surface area contributed by atoms with E-state index in [9.17, 15) is 13.2 Å². The van der Waals surface area contributed by atoms with Crippen LogP contribution in [0.3, 0.4) is 0 Å². The van der Waals surface area contributed by atoms with Crippen LogP contribution < -0.4 is 14.8 Å². The Morgan fingerprint density at radius 2 is 1.73 bits per heavy atom. The summed E-state index contributed by atoms with van der Waals surface area (Å²) in [6, 6.07) is 9.46. The van der Waals surface area contributed by atoms with Gasteiger partial charge in [0.2, 0.25) is 15.9 Å². The lowest BCUT2D eigenvalue weighted by molar-refractivity contribution is -0.126. The molecule has 180 valence electrons. The second-order valence-electron chi connectivity index (χ2n) is 8.66. The number of carbonyl (C=O) groups excluding carboxylic acids is 1. The average Bonchev–Trinajstić information content (AvgIpc) is 2.78. The molecule has 0 aliphatic carbocycles. The number of piperidine rings is 1. The average molecular weight is 475 g/mol. The van der Waals surface area contributed by atoms with Gasteiger partial charge in [0, 0.05) is 19.6 Å². The van der Waals surface area contributed by atoms with Crippen molar-refractivity contribution >= 4 is 15.9 Å². The number of carbonyl (C=O) groups is 1. The smallest absolute Gasteiger partial charge is 0.243 e. The van der Waals surface area contributed by atoms with Gasteiger partial charge in [-0.05, 0) is 68.9 Å². The topological polar surface area (TPSA) is 84.9 Å². The van der Waals surface area contributed by atoms with Gasteiger partial charge in [-0.15, -0.1) is 0 Å². The van der Waals surface area contributed by atoms with Gasteiger partial charge in [-0.1, -0.05) is 23.8 Å². The van der Waals surface area contributed by atoms with Crippen molar-refractivity contribution in [3.05, 3.63) is 52.6 Å². The fourth-order valence-corrected chi connectivity index (χ4v) is 6.52. The third-order valence-corrected chi connectivity index (χ3v) is 8.29. The Hall–Kier alpha value is -2.58. The van der Waals surface area contributed by atoms with Crippen molar-refractivity contribution in [2.75, 3.05) is 33.9 Å². The molecular formula is C25H34N2O5S. The van der Waals surface area contributed by atoms with E-state index in [2.05, 4.69) is 5.32 Å². The largest absolute Gasteiger partial charge is 0.493 e. The zero-order chi connectivity index (χ0) is 24.2. The first-order chi connectivity index (χ1) is 15.7. The molecule has 33 heavy (non-hydrogen) atoms. The molecule has 1 aliphatic rings. The Bertz CT molecular complexity index is 1090. The molecule has 3 rings (SSSR count). The fourth-order valence-electron chi connectivity index (χ4n) is 4.59. The second-order valence-corrected chi connectivity index (χ2v) is 10.5. The predicted octanol–water partition coefficient (Wildman–Crippen LogP) is 3.39. The molecule has 0 unspecified atom stereocenters. The lowest BCUT2D eigenvalue weighted by Gasteiger charge is -2.32. The first kappa shape index (κ1) is 25.1. The van der Waals surface area contributed by atoms with E-state index in [0.29, 0.717) is 48.7 Å². The van der Waals surface area contributed by atoms with Crippen molar-refractivity contribution in [2.24, 2.45) is 5.92 Å². The molecule has 8 heteroatoms. The van der Waals surface area contributed by atoms with Gasteiger partial charge in [-0.2, -0.15) is 4.31 Å². The second kappa shape index (κ2) is 10.6. The van der Waals surface area contributed by atoms with Crippen molar-refractivity contribution in [1.82, 2.24) is 9.62 Å². The molecule has 1 fully saturated rings. The molecule has 7 nitrogen and oxygen atoms in total. The molecule has 2 aromatic carbocycles. The maximum absolute atomic E-state index is 13.4. The number of hydrogen-bond acceptors (Lipinski definition) is 5. The highest BCUT2D eigenvalue weighted by Crippen LogP contribution is 2.29. The summed E-state index contributed by atoms with van der Waals surface area (Å²) in [6.45, 7) is 6.72. The number of amides is 1. The SMILES string of the molecule is COc1ccc(CCNC(=O)[C@@H]2CCCN(S(=O)(=O)c3c(C)cc(C)cc3C)C2)cc1OC. The van der Waals surface area contributed by atoms with E-state index >= 15 is 0 Å². The van der Waals surface area contributed by atoms with Gasteiger partial charge in [-0.3, -0.25) is 4.79 Å². The first-order valence-corrected chi connectivity index (χ1v) is 12.7. The van der Waals surface area contributed by atoms with Crippen LogP contribution in [-0.4, -0.2) is 52.5 Å². The van der Waals surface area contributed by atoms with Crippen LogP contribution in [0.25, 0.3) is 0 Å². The van der Waals surface area contributed by atoms with Crippen LogP contribution in [-0.2, 0) is 21.2 Å². The number of methoxy groups -OCH3 is 2. The lowest BCUT2D eigenvalue weighted by Crippen LogP contribution is -2.46. The van der Waals surface area contributed by atoms with Crippen molar-refractivity contribution in [1.29, 1.82) is 0 Å². The molecular weight excluding hydrogens is 440 g/mol. The summed E-state index contributed by atoms with van der Waals surface area (Å²) in [6.07, 6.45) is 1.99. The van der Waals surface area contributed by atoms with E-state index in [-0.39, 0.29) is 18.4 Å². The minimum Gasteiger partial charge on any atom is -0.493 e. The molecule has 1 atom stereocenters. The summed E-state index contributed by atoms with van der Waals surface area (Å²) in [5.74, 6) is 0.849. The summed E-state index contributed by atoms with van der Waals surface area (Å²) < 4.78 is 38.8. The van der Waals surface area contributed by atoms with Crippen LogP contribution in [0.15, 0.2) is 35.2 Å². The number of nitrogens with one attached hydrogen (secondary N) is 1. The Morgan fingerprint density at radius 3 is 2.36 bits per heavy atom. The first-order valence-electron chi connectivity index (χ1n) is 11.2. The summed E-state index contributed by atoms with van der Waals surface area (Å²) in [5, 5.41) is 2.98. The number of rotatable bonds is 8. The number of aryl methyl sites for hydroxylation is 3. The highest BCUT2D eigenvalue weighted by atomic mass is 32.2. The number of ether oxygens (including phenoxy) is 2. The number of nitrogens with zero attached hydrogens (tertiary/aromatic N) is 1. The van der Waals surface area contributed by atoms with Gasteiger partial charge in [0.1, 0.15) is 0 Å². The third-order valence-electron chi connectivity index (χ3n) is 6.12. The maximum atomic E-state index is 13.4. The highest BCUT2D eigenvalue weighted by molar-refractivity contribution is 7.89. The molecule has 1 amide bonds. The van der Waals surface area contributed by atoms with Gasteiger partial charge >= 0.3 is 0 Å². The van der Waals surface area contributed by atoms with E-state index in [1.54, 1.807) is 14.2 Å². The molecule has 2 aromatic rings. The number of hydrogen-bond donors (Lipinski definition) is 1.